The molecule has 0 saturated carbocycles. The molecule has 2 rings (SSSR count). The minimum absolute atomic E-state index is 0.00920. The Morgan fingerprint density at radius 3 is 3.08 bits per heavy atom. The number of aromatic nitrogens is 2. The molecule has 2 atom stereocenters. The number of aromatic amines is 1. The maximum atomic E-state index is 8.83. The molecule has 1 fully saturated rings. The number of imidazole rings is 1. The normalized spacial score (nSPS) is 28.2. The van der Waals surface area contributed by atoms with E-state index >= 15 is 0 Å². The number of H-pyrrole nitrogens is 1. The van der Waals surface area contributed by atoms with Crippen LogP contribution in [-0.4, -0.2) is 21.2 Å². The lowest BCUT2D eigenvalue weighted by Gasteiger charge is -2.07. The molecule has 72 valence electrons. The topological polar surface area (TPSA) is 58.1 Å². The van der Waals surface area contributed by atoms with Gasteiger partial charge in [-0.25, -0.2) is 4.98 Å². The minimum atomic E-state index is 0.00920. The van der Waals surface area contributed by atoms with E-state index in [1.165, 1.54) is 0 Å². The second-order valence-corrected chi connectivity index (χ2v) is 3.46. The fourth-order valence-electron chi connectivity index (χ4n) is 1.62. The van der Waals surface area contributed by atoms with Crippen LogP contribution in [-0.2, 0) is 11.3 Å². The number of nitrogens with zero attached hydrogens (tertiary/aromatic N) is 1. The number of aliphatic hydroxyl groups excluding tert-OH is 1. The predicted octanol–water partition coefficient (Wildman–Crippen LogP) is 1.14. The average molecular weight is 182 g/mol. The van der Waals surface area contributed by atoms with E-state index in [4.69, 9.17) is 9.84 Å². The van der Waals surface area contributed by atoms with E-state index in [1.54, 1.807) is 6.20 Å². The van der Waals surface area contributed by atoms with Crippen molar-refractivity contribution in [1.82, 2.24) is 9.97 Å². The first-order chi connectivity index (χ1) is 6.29. The van der Waals surface area contributed by atoms with E-state index in [1.807, 2.05) is 0 Å². The van der Waals surface area contributed by atoms with Gasteiger partial charge in [-0.3, -0.25) is 0 Å². The van der Waals surface area contributed by atoms with Crippen molar-refractivity contribution < 1.29 is 9.84 Å². The maximum Gasteiger partial charge on any atom is 0.135 e. The molecule has 0 aromatic carbocycles. The molecule has 2 unspecified atom stereocenters. The molecule has 0 bridgehead atoms. The molecule has 1 aliphatic heterocycles. The fraction of sp³-hybridized carbons (Fsp3) is 0.667. The lowest BCUT2D eigenvalue weighted by molar-refractivity contribution is 0.0507. The van der Waals surface area contributed by atoms with Gasteiger partial charge in [-0.2, -0.15) is 0 Å². The smallest absolute Gasteiger partial charge is 0.135 e. The molecule has 1 aromatic rings. The summed E-state index contributed by atoms with van der Waals surface area (Å²) in [6.07, 6.45) is 4.17. The van der Waals surface area contributed by atoms with E-state index < -0.39 is 0 Å². The molecule has 0 spiro atoms. The summed E-state index contributed by atoms with van der Waals surface area (Å²) in [6, 6.07) is 0. The molecule has 0 aliphatic carbocycles. The number of nitrogens with one attached hydrogen (secondary N) is 1. The molecule has 1 aliphatic rings. The lowest BCUT2D eigenvalue weighted by atomic mass is 10.2. The first kappa shape index (κ1) is 8.72. The molecular weight excluding hydrogens is 168 g/mol. The minimum Gasteiger partial charge on any atom is -0.390 e. The van der Waals surface area contributed by atoms with Crippen LogP contribution in [0.1, 0.15) is 37.4 Å². The maximum absolute atomic E-state index is 8.83. The SMILES string of the molecule is CC1CCC(c2ncc(CO)[nH]2)O1. The number of hydrogen-bond donors (Lipinski definition) is 2. The highest BCUT2D eigenvalue weighted by Gasteiger charge is 2.25. The fourth-order valence-corrected chi connectivity index (χ4v) is 1.62. The Bertz CT molecular complexity index is 285. The van der Waals surface area contributed by atoms with Gasteiger partial charge < -0.3 is 14.8 Å². The molecule has 13 heavy (non-hydrogen) atoms. The van der Waals surface area contributed by atoms with Crippen molar-refractivity contribution in [1.29, 1.82) is 0 Å². The Morgan fingerprint density at radius 1 is 1.69 bits per heavy atom. The molecule has 4 nitrogen and oxygen atoms in total. The Labute approximate surface area is 77.0 Å². The summed E-state index contributed by atoms with van der Waals surface area (Å²) in [5.41, 5.74) is 0.748. The van der Waals surface area contributed by atoms with Gasteiger partial charge in [0.15, 0.2) is 0 Å². The van der Waals surface area contributed by atoms with Crippen LogP contribution < -0.4 is 0 Å². The van der Waals surface area contributed by atoms with Gasteiger partial charge in [0.05, 0.1) is 24.6 Å². The van der Waals surface area contributed by atoms with Crippen LogP contribution in [0.4, 0.5) is 0 Å². The Kier molecular flexibility index (Phi) is 2.33. The van der Waals surface area contributed by atoms with Gasteiger partial charge >= 0.3 is 0 Å². The van der Waals surface area contributed by atoms with Gasteiger partial charge in [0.25, 0.3) is 0 Å². The number of rotatable bonds is 2. The third-order valence-corrected chi connectivity index (χ3v) is 2.36. The summed E-state index contributed by atoms with van der Waals surface area (Å²) < 4.78 is 5.63. The van der Waals surface area contributed by atoms with Gasteiger partial charge in [-0.15, -0.1) is 0 Å². The molecule has 0 radical (unpaired) electrons. The van der Waals surface area contributed by atoms with Gasteiger partial charge in [0, 0.05) is 0 Å². The summed E-state index contributed by atoms with van der Waals surface area (Å²) in [4.78, 5) is 7.20. The van der Waals surface area contributed by atoms with Crippen molar-refractivity contribution in [3.63, 3.8) is 0 Å². The summed E-state index contributed by atoms with van der Waals surface area (Å²) in [6.45, 7) is 2.07. The lowest BCUT2D eigenvalue weighted by Crippen LogP contribution is -2.02. The second-order valence-electron chi connectivity index (χ2n) is 3.46. The van der Waals surface area contributed by atoms with E-state index in [2.05, 4.69) is 16.9 Å². The zero-order valence-electron chi connectivity index (χ0n) is 7.66. The first-order valence-electron chi connectivity index (χ1n) is 4.59. The van der Waals surface area contributed by atoms with Crippen molar-refractivity contribution in [2.24, 2.45) is 0 Å². The third kappa shape index (κ3) is 1.73. The van der Waals surface area contributed by atoms with Crippen LogP contribution in [0.5, 0.6) is 0 Å². The van der Waals surface area contributed by atoms with Crippen molar-refractivity contribution >= 4 is 0 Å². The molecule has 2 N–H and O–H groups in total. The molecule has 1 aromatic heterocycles. The number of hydrogen-bond acceptors (Lipinski definition) is 3. The van der Waals surface area contributed by atoms with Crippen LogP contribution >= 0.6 is 0 Å². The van der Waals surface area contributed by atoms with Crippen molar-refractivity contribution in [3.8, 4) is 0 Å². The van der Waals surface area contributed by atoms with Crippen LogP contribution in [0.3, 0.4) is 0 Å². The summed E-state index contributed by atoms with van der Waals surface area (Å²) >= 11 is 0. The van der Waals surface area contributed by atoms with Crippen molar-refractivity contribution in [2.45, 2.75) is 38.6 Å². The Hall–Kier alpha value is -0.870. The summed E-state index contributed by atoms with van der Waals surface area (Å²) in [5.74, 6) is 0.841. The van der Waals surface area contributed by atoms with E-state index in [0.29, 0.717) is 6.10 Å². The van der Waals surface area contributed by atoms with Gasteiger partial charge in [-0.05, 0) is 19.8 Å². The molecule has 4 heteroatoms. The van der Waals surface area contributed by atoms with Crippen LogP contribution in [0, 0.1) is 0 Å². The Balaban J connectivity index is 2.08. The van der Waals surface area contributed by atoms with Crippen molar-refractivity contribution in [3.05, 3.63) is 17.7 Å². The highest BCUT2D eigenvalue weighted by Crippen LogP contribution is 2.30. The largest absolute Gasteiger partial charge is 0.390 e. The zero-order chi connectivity index (χ0) is 9.26. The second kappa shape index (κ2) is 3.47. The van der Waals surface area contributed by atoms with Crippen molar-refractivity contribution in [2.75, 3.05) is 0 Å². The molecule has 0 amide bonds. The molecule has 1 saturated heterocycles. The third-order valence-electron chi connectivity index (χ3n) is 2.36. The van der Waals surface area contributed by atoms with E-state index in [0.717, 1.165) is 24.4 Å². The number of aliphatic hydroxyl groups is 1. The molecule has 2 heterocycles. The number of ether oxygens (including phenoxy) is 1. The highest BCUT2D eigenvalue weighted by molar-refractivity contribution is 5.03. The monoisotopic (exact) mass is 182 g/mol. The first-order valence-corrected chi connectivity index (χ1v) is 4.59. The highest BCUT2D eigenvalue weighted by atomic mass is 16.5. The van der Waals surface area contributed by atoms with Gasteiger partial charge in [-0.1, -0.05) is 0 Å². The predicted molar refractivity (Wildman–Crippen MR) is 47.0 cm³/mol. The summed E-state index contributed by atoms with van der Waals surface area (Å²) in [5, 5.41) is 8.83. The zero-order valence-corrected chi connectivity index (χ0v) is 7.66. The quantitative estimate of drug-likeness (QED) is 0.721. The van der Waals surface area contributed by atoms with Crippen LogP contribution in [0.25, 0.3) is 0 Å². The van der Waals surface area contributed by atoms with Crippen LogP contribution in [0.15, 0.2) is 6.20 Å². The van der Waals surface area contributed by atoms with E-state index in [9.17, 15) is 0 Å². The molecular formula is C9H14N2O2. The van der Waals surface area contributed by atoms with Gasteiger partial charge in [0.1, 0.15) is 11.9 Å². The standard InChI is InChI=1S/C9H14N2O2/c1-6-2-3-8(13-6)9-10-4-7(5-12)11-9/h4,6,8,12H,2-3,5H2,1H3,(H,10,11). The van der Waals surface area contributed by atoms with Gasteiger partial charge in [0.2, 0.25) is 0 Å². The van der Waals surface area contributed by atoms with E-state index in [-0.39, 0.29) is 12.7 Å². The average Bonchev–Trinajstić information content (AvgIpc) is 2.71. The summed E-state index contributed by atoms with van der Waals surface area (Å²) in [7, 11) is 0. The Morgan fingerprint density at radius 2 is 2.54 bits per heavy atom. The van der Waals surface area contributed by atoms with Crippen LogP contribution in [0.2, 0.25) is 0 Å².